The number of benzene rings is 1. The van der Waals surface area contributed by atoms with Gasteiger partial charge in [-0.1, -0.05) is 22.0 Å². The van der Waals surface area contributed by atoms with Crippen LogP contribution in [0.3, 0.4) is 0 Å². The second-order valence-electron chi connectivity index (χ2n) is 6.65. The predicted molar refractivity (Wildman–Crippen MR) is 83.5 cm³/mol. The van der Waals surface area contributed by atoms with Crippen molar-refractivity contribution in [1.29, 1.82) is 0 Å². The molecule has 1 aromatic rings. The van der Waals surface area contributed by atoms with Crippen LogP contribution in [-0.2, 0) is 16.6 Å². The lowest BCUT2D eigenvalue weighted by molar-refractivity contribution is -0.146. The lowest BCUT2D eigenvalue weighted by atomic mass is 9.49. The van der Waals surface area contributed by atoms with Gasteiger partial charge in [-0.2, -0.15) is 0 Å². The molecule has 2 aliphatic carbocycles. The van der Waals surface area contributed by atoms with Crippen LogP contribution >= 0.6 is 15.9 Å². The highest BCUT2D eigenvalue weighted by molar-refractivity contribution is 9.10. The number of carbonyl (C=O) groups is 1. The van der Waals surface area contributed by atoms with Crippen LogP contribution in [0.1, 0.15) is 30.4 Å². The van der Waals surface area contributed by atoms with Crippen molar-refractivity contribution in [2.24, 2.45) is 0 Å². The number of phenols is 2. The zero-order valence-corrected chi connectivity index (χ0v) is 13.6. The number of halogens is 1. The summed E-state index contributed by atoms with van der Waals surface area (Å²) in [5.74, 6) is -0.360. The summed E-state index contributed by atoms with van der Waals surface area (Å²) >= 11 is 3.51. The minimum atomic E-state index is -1.11. The molecule has 118 valence electrons. The molecular weight excluding hydrogens is 350 g/mol. The molecule has 3 aliphatic rings. The van der Waals surface area contributed by atoms with Gasteiger partial charge in [-0.25, -0.2) is 0 Å². The van der Waals surface area contributed by atoms with Gasteiger partial charge in [0, 0.05) is 18.0 Å². The van der Waals surface area contributed by atoms with E-state index in [9.17, 15) is 20.1 Å². The molecule has 0 aromatic heterocycles. The van der Waals surface area contributed by atoms with Gasteiger partial charge in [-0.15, -0.1) is 0 Å². The van der Waals surface area contributed by atoms with Gasteiger partial charge in [0.2, 0.25) is 0 Å². The topological polar surface area (TPSA) is 89.8 Å². The first-order chi connectivity index (χ1) is 10.4. The number of nitrogens with one attached hydrogen (secondary N) is 1. The second-order valence-corrected chi connectivity index (χ2v) is 7.57. The van der Waals surface area contributed by atoms with Crippen LogP contribution < -0.4 is 5.32 Å². The fourth-order valence-electron chi connectivity index (χ4n) is 4.82. The number of aromatic hydroxyl groups is 2. The smallest absolute Gasteiger partial charge is 0.161 e. The highest BCUT2D eigenvalue weighted by atomic mass is 79.9. The number of ketones is 1. The summed E-state index contributed by atoms with van der Waals surface area (Å²) in [5.41, 5.74) is -0.570. The molecule has 5 nitrogen and oxygen atoms in total. The molecule has 0 amide bonds. The maximum absolute atomic E-state index is 12.4. The Hall–Kier alpha value is -1.11. The van der Waals surface area contributed by atoms with Gasteiger partial charge in [-0.05, 0) is 37.4 Å². The molecule has 2 fully saturated rings. The molecule has 0 radical (unpaired) electrons. The van der Waals surface area contributed by atoms with Crippen molar-refractivity contribution < 1.29 is 20.1 Å². The van der Waals surface area contributed by atoms with Gasteiger partial charge in [0.1, 0.15) is 5.78 Å². The number of hydrogen-bond acceptors (Lipinski definition) is 5. The number of hydrogen-bond donors (Lipinski definition) is 4. The molecule has 1 aromatic carbocycles. The Balaban J connectivity index is 2.07. The lowest BCUT2D eigenvalue weighted by Gasteiger charge is -2.62. The molecule has 22 heavy (non-hydrogen) atoms. The quantitative estimate of drug-likeness (QED) is 0.407. The van der Waals surface area contributed by atoms with E-state index < -0.39 is 15.8 Å². The fourth-order valence-corrected chi connectivity index (χ4v) is 5.90. The summed E-state index contributed by atoms with van der Waals surface area (Å²) in [7, 11) is 0. The highest BCUT2D eigenvalue weighted by Crippen LogP contribution is 2.60. The van der Waals surface area contributed by atoms with Crippen molar-refractivity contribution in [3.05, 3.63) is 23.3 Å². The van der Waals surface area contributed by atoms with Gasteiger partial charge < -0.3 is 20.6 Å². The third-order valence-electron chi connectivity index (χ3n) is 5.84. The average molecular weight is 368 g/mol. The van der Waals surface area contributed by atoms with Crippen LogP contribution in [0.25, 0.3) is 0 Å². The normalized spacial score (nSPS) is 40.0. The number of phenolic OH excluding ortho intramolecular Hbond substituents is 2. The molecule has 4 atom stereocenters. The maximum atomic E-state index is 12.4. The zero-order chi connectivity index (χ0) is 15.7. The van der Waals surface area contributed by atoms with Crippen molar-refractivity contribution in [1.82, 2.24) is 5.32 Å². The maximum Gasteiger partial charge on any atom is 0.161 e. The molecule has 4 rings (SSSR count). The molecular formula is C16H18BrNO4. The lowest BCUT2D eigenvalue weighted by Crippen LogP contribution is -2.75. The van der Waals surface area contributed by atoms with Crippen LogP contribution in [0.2, 0.25) is 0 Å². The molecule has 1 saturated carbocycles. The molecule has 2 bridgehead atoms. The largest absolute Gasteiger partial charge is 0.504 e. The van der Waals surface area contributed by atoms with Crippen LogP contribution in [0, 0.1) is 0 Å². The third kappa shape index (κ3) is 1.48. The van der Waals surface area contributed by atoms with Crippen LogP contribution in [-0.4, -0.2) is 44.1 Å². The summed E-state index contributed by atoms with van der Waals surface area (Å²) in [6.07, 6.45) is 1.81. The number of aliphatic hydroxyl groups is 1. The van der Waals surface area contributed by atoms with E-state index in [0.717, 1.165) is 5.56 Å². The van der Waals surface area contributed by atoms with E-state index in [4.69, 9.17) is 0 Å². The zero-order valence-electron chi connectivity index (χ0n) is 12.0. The van der Waals surface area contributed by atoms with Crippen molar-refractivity contribution in [3.63, 3.8) is 0 Å². The van der Waals surface area contributed by atoms with Gasteiger partial charge >= 0.3 is 0 Å². The fraction of sp³-hybridized carbons (Fsp3) is 0.562. The van der Waals surface area contributed by atoms with Crippen molar-refractivity contribution >= 4 is 21.7 Å². The highest BCUT2D eigenvalue weighted by Gasteiger charge is 2.67. The Kier molecular flexibility index (Phi) is 2.94. The minimum absolute atomic E-state index is 0.0425. The number of fused-ring (bicyclic) bond motifs is 1. The van der Waals surface area contributed by atoms with Gasteiger partial charge in [0.15, 0.2) is 11.5 Å². The number of carbonyl (C=O) groups excluding carboxylic acids is 1. The molecule has 6 heteroatoms. The van der Waals surface area contributed by atoms with Gasteiger partial charge in [0.25, 0.3) is 0 Å². The first-order valence-corrected chi connectivity index (χ1v) is 8.50. The number of rotatable bonds is 0. The molecule has 4 unspecified atom stereocenters. The van der Waals surface area contributed by atoms with E-state index in [1.807, 2.05) is 0 Å². The first-order valence-electron chi connectivity index (χ1n) is 7.58. The van der Waals surface area contributed by atoms with Crippen molar-refractivity contribution in [2.45, 2.75) is 47.6 Å². The molecule has 0 spiro atoms. The average Bonchev–Trinajstić information content (AvgIpc) is 2.47. The first kappa shape index (κ1) is 14.5. The summed E-state index contributed by atoms with van der Waals surface area (Å²) in [5, 5.41) is 35.3. The van der Waals surface area contributed by atoms with Crippen LogP contribution in [0.5, 0.6) is 11.5 Å². The number of Topliss-reactive ketones (excluding diaryl/α,β-unsaturated/α-hetero) is 1. The van der Waals surface area contributed by atoms with Crippen molar-refractivity contribution in [3.8, 4) is 11.5 Å². The molecule has 1 heterocycles. The Labute approximate surface area is 136 Å². The Bertz CT molecular complexity index is 678. The van der Waals surface area contributed by atoms with Crippen LogP contribution in [0.4, 0.5) is 0 Å². The summed E-state index contributed by atoms with van der Waals surface area (Å²) in [6, 6.07) is 3.11. The monoisotopic (exact) mass is 367 g/mol. The standard InChI is InChI=1S/C16H18BrNO4/c17-14-10(20)3-4-16(22)11-7-8-1-2-9(19)13(21)12(8)15(14,16)5-6-18-11/h1-2,11,14,18-19,21-22H,3-7H2. The summed E-state index contributed by atoms with van der Waals surface area (Å²) in [6.45, 7) is 0.664. The minimum Gasteiger partial charge on any atom is -0.504 e. The summed E-state index contributed by atoms with van der Waals surface area (Å²) < 4.78 is 0. The third-order valence-corrected chi connectivity index (χ3v) is 7.13. The number of piperidine rings is 1. The Morgan fingerprint density at radius 3 is 2.82 bits per heavy atom. The molecule has 4 N–H and O–H groups in total. The van der Waals surface area contributed by atoms with E-state index in [1.165, 1.54) is 6.07 Å². The van der Waals surface area contributed by atoms with E-state index in [2.05, 4.69) is 21.2 Å². The van der Waals surface area contributed by atoms with E-state index in [0.29, 0.717) is 37.8 Å². The van der Waals surface area contributed by atoms with E-state index >= 15 is 0 Å². The van der Waals surface area contributed by atoms with Gasteiger partial charge in [0.05, 0.1) is 15.8 Å². The van der Waals surface area contributed by atoms with Crippen LogP contribution in [0.15, 0.2) is 12.1 Å². The van der Waals surface area contributed by atoms with Crippen molar-refractivity contribution in [2.75, 3.05) is 6.54 Å². The SMILES string of the molecule is O=C1CCC2(O)C3Cc4ccc(O)c(O)c4C2(CCN3)C1Br. The Morgan fingerprint density at radius 1 is 1.27 bits per heavy atom. The number of alkyl halides is 1. The van der Waals surface area contributed by atoms with E-state index in [1.54, 1.807) is 6.07 Å². The molecule has 1 aliphatic heterocycles. The molecule has 1 saturated heterocycles. The Morgan fingerprint density at radius 2 is 2.05 bits per heavy atom. The predicted octanol–water partition coefficient (Wildman–Crippen LogP) is 1.11. The second kappa shape index (κ2) is 4.46. The summed E-state index contributed by atoms with van der Waals surface area (Å²) in [4.78, 5) is 11.8. The van der Waals surface area contributed by atoms with E-state index in [-0.39, 0.29) is 23.3 Å². The van der Waals surface area contributed by atoms with Gasteiger partial charge in [-0.3, -0.25) is 4.79 Å².